The Balaban J connectivity index is 2.95. The van der Waals surface area contributed by atoms with Gasteiger partial charge in [-0.3, -0.25) is 4.79 Å². The van der Waals surface area contributed by atoms with Crippen molar-refractivity contribution >= 4 is 5.97 Å². The van der Waals surface area contributed by atoms with Gasteiger partial charge in [0, 0.05) is 6.42 Å². The summed E-state index contributed by atoms with van der Waals surface area (Å²) >= 11 is 0. The molecule has 12 heavy (non-hydrogen) atoms. The number of unbranched alkanes of at least 4 members (excludes halogenated alkanes) is 1. The molecule has 0 atom stereocenters. The van der Waals surface area contributed by atoms with Gasteiger partial charge in [-0.1, -0.05) is 13.3 Å². The van der Waals surface area contributed by atoms with Crippen LogP contribution in [0.1, 0.15) is 32.6 Å². The van der Waals surface area contributed by atoms with Crippen LogP contribution < -0.4 is 5.32 Å². The van der Waals surface area contributed by atoms with Crippen molar-refractivity contribution in [2.24, 2.45) is 0 Å². The summed E-state index contributed by atoms with van der Waals surface area (Å²) in [5.41, 5.74) is 0. The number of methoxy groups -OCH3 is 1. The van der Waals surface area contributed by atoms with Gasteiger partial charge in [-0.25, -0.2) is 0 Å². The van der Waals surface area contributed by atoms with Crippen molar-refractivity contribution < 1.29 is 9.53 Å². The molecule has 1 N–H and O–H groups in total. The molecule has 0 aliphatic heterocycles. The molecular formula is C9H19NO2. The van der Waals surface area contributed by atoms with E-state index in [1.807, 2.05) is 0 Å². The highest BCUT2D eigenvalue weighted by atomic mass is 16.5. The van der Waals surface area contributed by atoms with E-state index in [2.05, 4.69) is 17.0 Å². The summed E-state index contributed by atoms with van der Waals surface area (Å²) in [6.07, 6.45) is 3.81. The number of ether oxygens (including phenoxy) is 1. The second-order valence-electron chi connectivity index (χ2n) is 2.78. The van der Waals surface area contributed by atoms with Crippen LogP contribution >= 0.6 is 0 Å². The van der Waals surface area contributed by atoms with Gasteiger partial charge in [-0.15, -0.1) is 0 Å². The Kier molecular flexibility index (Phi) is 8.12. The molecule has 72 valence electrons. The number of esters is 1. The quantitative estimate of drug-likeness (QED) is 0.466. The molecule has 0 aromatic carbocycles. The number of rotatable bonds is 7. The first kappa shape index (κ1) is 11.4. The van der Waals surface area contributed by atoms with E-state index in [0.717, 1.165) is 19.5 Å². The maximum absolute atomic E-state index is 10.7. The summed E-state index contributed by atoms with van der Waals surface area (Å²) in [5.74, 6) is -0.118. The third-order valence-electron chi connectivity index (χ3n) is 1.67. The van der Waals surface area contributed by atoms with Crippen molar-refractivity contribution in [3.63, 3.8) is 0 Å². The van der Waals surface area contributed by atoms with Crippen LogP contribution in [-0.4, -0.2) is 26.2 Å². The number of hydrogen-bond donors (Lipinski definition) is 1. The second kappa shape index (κ2) is 8.53. The minimum Gasteiger partial charge on any atom is -0.469 e. The van der Waals surface area contributed by atoms with Crippen molar-refractivity contribution in [3.05, 3.63) is 0 Å². The molecule has 0 unspecified atom stereocenters. The van der Waals surface area contributed by atoms with E-state index < -0.39 is 0 Å². The largest absolute Gasteiger partial charge is 0.469 e. The van der Waals surface area contributed by atoms with Crippen molar-refractivity contribution in [2.75, 3.05) is 20.2 Å². The maximum atomic E-state index is 10.7. The molecule has 0 aromatic rings. The topological polar surface area (TPSA) is 38.3 Å². The summed E-state index contributed by atoms with van der Waals surface area (Å²) in [6, 6.07) is 0. The Bertz CT molecular complexity index is 115. The van der Waals surface area contributed by atoms with Gasteiger partial charge in [0.25, 0.3) is 0 Å². The highest BCUT2D eigenvalue weighted by molar-refractivity contribution is 5.68. The fourth-order valence-corrected chi connectivity index (χ4v) is 0.887. The highest BCUT2D eigenvalue weighted by Crippen LogP contribution is 1.90. The fraction of sp³-hybridized carbons (Fsp3) is 0.889. The van der Waals surface area contributed by atoms with E-state index in [4.69, 9.17) is 0 Å². The van der Waals surface area contributed by atoms with Gasteiger partial charge in [0.15, 0.2) is 0 Å². The maximum Gasteiger partial charge on any atom is 0.305 e. The standard InChI is InChI=1S/C9H19NO2/c1-3-4-7-10-8-5-6-9(11)12-2/h10H,3-8H2,1-2H3. The van der Waals surface area contributed by atoms with Gasteiger partial charge >= 0.3 is 5.97 Å². The van der Waals surface area contributed by atoms with Gasteiger partial charge in [0.05, 0.1) is 7.11 Å². The monoisotopic (exact) mass is 173 g/mol. The number of nitrogens with one attached hydrogen (secondary N) is 1. The normalized spacial score (nSPS) is 9.83. The fourth-order valence-electron chi connectivity index (χ4n) is 0.887. The molecule has 0 fully saturated rings. The molecule has 3 heteroatoms. The van der Waals surface area contributed by atoms with E-state index in [-0.39, 0.29) is 5.97 Å². The predicted molar refractivity (Wildman–Crippen MR) is 49.0 cm³/mol. The summed E-state index contributed by atoms with van der Waals surface area (Å²) in [5, 5.41) is 3.26. The molecule has 0 rings (SSSR count). The zero-order valence-corrected chi connectivity index (χ0v) is 8.06. The van der Waals surface area contributed by atoms with Gasteiger partial charge < -0.3 is 10.1 Å². The van der Waals surface area contributed by atoms with Crippen LogP contribution in [0.25, 0.3) is 0 Å². The lowest BCUT2D eigenvalue weighted by Crippen LogP contribution is -2.17. The number of carbonyl (C=O) groups excluding carboxylic acids is 1. The zero-order chi connectivity index (χ0) is 9.23. The van der Waals surface area contributed by atoms with Crippen LogP contribution in [0.3, 0.4) is 0 Å². The van der Waals surface area contributed by atoms with E-state index in [9.17, 15) is 4.79 Å². The first-order chi connectivity index (χ1) is 5.81. The van der Waals surface area contributed by atoms with Crippen LogP contribution in [0, 0.1) is 0 Å². The lowest BCUT2D eigenvalue weighted by Gasteiger charge is -2.02. The van der Waals surface area contributed by atoms with Gasteiger partial charge in [0.1, 0.15) is 0 Å². The first-order valence-corrected chi connectivity index (χ1v) is 4.58. The minimum absolute atomic E-state index is 0.118. The Labute approximate surface area is 74.5 Å². The molecule has 0 heterocycles. The van der Waals surface area contributed by atoms with Crippen molar-refractivity contribution in [1.82, 2.24) is 5.32 Å². The molecule has 0 radical (unpaired) electrons. The Morgan fingerprint density at radius 1 is 1.33 bits per heavy atom. The summed E-state index contributed by atoms with van der Waals surface area (Å²) in [6.45, 7) is 4.13. The van der Waals surface area contributed by atoms with Crippen LogP contribution in [0.4, 0.5) is 0 Å². The Morgan fingerprint density at radius 3 is 2.58 bits per heavy atom. The summed E-state index contributed by atoms with van der Waals surface area (Å²) < 4.78 is 4.51. The highest BCUT2D eigenvalue weighted by Gasteiger charge is 1.97. The minimum atomic E-state index is -0.118. The third-order valence-corrected chi connectivity index (χ3v) is 1.67. The van der Waals surface area contributed by atoms with Crippen molar-refractivity contribution in [3.8, 4) is 0 Å². The van der Waals surface area contributed by atoms with Crippen LogP contribution in [-0.2, 0) is 9.53 Å². The van der Waals surface area contributed by atoms with Crippen LogP contribution in [0.2, 0.25) is 0 Å². The molecule has 0 amide bonds. The molecule has 0 bridgehead atoms. The van der Waals surface area contributed by atoms with E-state index in [1.165, 1.54) is 20.0 Å². The molecule has 0 aromatic heterocycles. The zero-order valence-electron chi connectivity index (χ0n) is 8.06. The first-order valence-electron chi connectivity index (χ1n) is 4.58. The van der Waals surface area contributed by atoms with E-state index in [1.54, 1.807) is 0 Å². The Hall–Kier alpha value is -0.570. The third kappa shape index (κ3) is 7.54. The molecule has 0 aliphatic rings. The van der Waals surface area contributed by atoms with Gasteiger partial charge in [0.2, 0.25) is 0 Å². The van der Waals surface area contributed by atoms with E-state index >= 15 is 0 Å². The molecule has 0 saturated heterocycles. The number of hydrogen-bond acceptors (Lipinski definition) is 3. The predicted octanol–water partition coefficient (Wildman–Crippen LogP) is 1.33. The van der Waals surface area contributed by atoms with E-state index in [0.29, 0.717) is 6.42 Å². The molecule has 3 nitrogen and oxygen atoms in total. The summed E-state index contributed by atoms with van der Waals surface area (Å²) in [4.78, 5) is 10.7. The average molecular weight is 173 g/mol. The van der Waals surface area contributed by atoms with Gasteiger partial charge in [-0.2, -0.15) is 0 Å². The lowest BCUT2D eigenvalue weighted by atomic mass is 10.3. The lowest BCUT2D eigenvalue weighted by molar-refractivity contribution is -0.140. The second-order valence-corrected chi connectivity index (χ2v) is 2.78. The van der Waals surface area contributed by atoms with Crippen LogP contribution in [0.15, 0.2) is 0 Å². The SMILES string of the molecule is CCCCNCCCC(=O)OC. The van der Waals surface area contributed by atoms with Crippen molar-refractivity contribution in [1.29, 1.82) is 0 Å². The van der Waals surface area contributed by atoms with Crippen LogP contribution in [0.5, 0.6) is 0 Å². The van der Waals surface area contributed by atoms with Crippen molar-refractivity contribution in [2.45, 2.75) is 32.6 Å². The molecular weight excluding hydrogens is 154 g/mol. The average Bonchev–Trinajstić information content (AvgIpc) is 2.10. The van der Waals surface area contributed by atoms with Gasteiger partial charge in [-0.05, 0) is 25.9 Å². The molecule has 0 saturated carbocycles. The molecule has 0 aliphatic carbocycles. The smallest absolute Gasteiger partial charge is 0.305 e. The molecule has 0 spiro atoms. The summed E-state index contributed by atoms with van der Waals surface area (Å²) in [7, 11) is 1.42. The Morgan fingerprint density at radius 2 is 2.00 bits per heavy atom. The number of carbonyl (C=O) groups is 1.